The monoisotopic (exact) mass is 196 g/mol. The molecule has 2 nitrogen and oxygen atoms in total. The van der Waals surface area contributed by atoms with Crippen LogP contribution in [0.25, 0.3) is 0 Å². The molecule has 2 heteroatoms. The Morgan fingerprint density at radius 2 is 2.29 bits per heavy atom. The third-order valence-corrected chi connectivity index (χ3v) is 4.24. The molecule has 1 saturated carbocycles. The van der Waals surface area contributed by atoms with Crippen LogP contribution in [0.5, 0.6) is 0 Å². The van der Waals surface area contributed by atoms with Crippen molar-refractivity contribution in [1.82, 2.24) is 0 Å². The Bertz CT molecular complexity index is 255. The molecule has 3 aliphatic rings. The molecule has 0 saturated heterocycles. The number of hydrogen-bond donors (Lipinski definition) is 1. The lowest BCUT2D eigenvalue weighted by atomic mass is 9.47. The van der Waals surface area contributed by atoms with E-state index >= 15 is 0 Å². The van der Waals surface area contributed by atoms with Crippen LogP contribution in [0, 0.1) is 17.3 Å². The van der Waals surface area contributed by atoms with Crippen molar-refractivity contribution in [3.63, 3.8) is 0 Å². The summed E-state index contributed by atoms with van der Waals surface area (Å²) in [6, 6.07) is 0. The normalized spacial score (nSPS) is 38.9. The third-order valence-electron chi connectivity index (χ3n) is 4.24. The molecule has 0 aromatic rings. The van der Waals surface area contributed by atoms with Crippen molar-refractivity contribution in [2.75, 3.05) is 13.7 Å². The minimum absolute atomic E-state index is 0.263. The Kier molecular flexibility index (Phi) is 2.44. The summed E-state index contributed by atoms with van der Waals surface area (Å²) in [6.45, 7) is 4.91. The molecule has 0 amide bonds. The predicted octanol–water partition coefficient (Wildman–Crippen LogP) is 1.99. The molecule has 2 bridgehead atoms. The van der Waals surface area contributed by atoms with Crippen molar-refractivity contribution in [1.29, 1.82) is 0 Å². The quantitative estimate of drug-likeness (QED) is 0.699. The number of methoxy groups -OCH3 is 1. The lowest BCUT2D eigenvalue weighted by Gasteiger charge is -2.59. The number of fused-ring (bicyclic) bond motifs is 1. The molecule has 0 spiro atoms. The smallest absolute Gasteiger partial charge is 0.0788 e. The lowest BCUT2D eigenvalue weighted by molar-refractivity contribution is -0.0921. The summed E-state index contributed by atoms with van der Waals surface area (Å²) in [5.74, 6) is 1.37. The Hall–Kier alpha value is -0.340. The van der Waals surface area contributed by atoms with E-state index < -0.39 is 0 Å². The standard InChI is InChI=1S/C12H20O2/c1-12(2)9-7-10(12)11(14-3)6-8(9)4-5-13/h6,9-11,13H,4-5,7H2,1-3H3/t9-,10+,11+/m0/s1. The van der Waals surface area contributed by atoms with E-state index in [1.54, 1.807) is 7.11 Å². The first-order valence-corrected chi connectivity index (χ1v) is 5.45. The molecule has 14 heavy (non-hydrogen) atoms. The predicted molar refractivity (Wildman–Crippen MR) is 56.0 cm³/mol. The fourth-order valence-corrected chi connectivity index (χ4v) is 3.21. The van der Waals surface area contributed by atoms with E-state index in [1.807, 2.05) is 0 Å². The van der Waals surface area contributed by atoms with Crippen molar-refractivity contribution in [2.45, 2.75) is 32.8 Å². The zero-order chi connectivity index (χ0) is 10.3. The van der Waals surface area contributed by atoms with Crippen LogP contribution in [0.4, 0.5) is 0 Å². The number of aliphatic hydroxyl groups excluding tert-OH is 1. The van der Waals surface area contributed by atoms with Gasteiger partial charge >= 0.3 is 0 Å². The largest absolute Gasteiger partial charge is 0.396 e. The van der Waals surface area contributed by atoms with Crippen molar-refractivity contribution in [3.05, 3.63) is 11.6 Å². The fraction of sp³-hybridized carbons (Fsp3) is 0.833. The van der Waals surface area contributed by atoms with Crippen LogP contribution in [-0.2, 0) is 4.74 Å². The number of rotatable bonds is 3. The Balaban J connectivity index is 2.21. The van der Waals surface area contributed by atoms with Crippen LogP contribution in [0.15, 0.2) is 11.6 Å². The summed E-state index contributed by atoms with van der Waals surface area (Å²) in [6.07, 6.45) is 4.58. The highest BCUT2D eigenvalue weighted by Crippen LogP contribution is 2.60. The van der Waals surface area contributed by atoms with Gasteiger partial charge in [-0.05, 0) is 30.1 Å². The van der Waals surface area contributed by atoms with Gasteiger partial charge in [-0.15, -0.1) is 0 Å². The van der Waals surface area contributed by atoms with E-state index in [4.69, 9.17) is 9.84 Å². The minimum Gasteiger partial charge on any atom is -0.396 e. The first-order chi connectivity index (χ1) is 6.61. The minimum atomic E-state index is 0.263. The molecule has 3 aliphatic carbocycles. The third kappa shape index (κ3) is 1.24. The van der Waals surface area contributed by atoms with Gasteiger partial charge in [0.15, 0.2) is 0 Å². The van der Waals surface area contributed by atoms with Gasteiger partial charge in [-0.3, -0.25) is 0 Å². The van der Waals surface area contributed by atoms with Crippen molar-refractivity contribution >= 4 is 0 Å². The van der Waals surface area contributed by atoms with E-state index in [0.717, 1.165) is 6.42 Å². The van der Waals surface area contributed by atoms with Crippen LogP contribution in [0.3, 0.4) is 0 Å². The van der Waals surface area contributed by atoms with Gasteiger partial charge in [0.25, 0.3) is 0 Å². The van der Waals surface area contributed by atoms with Gasteiger partial charge in [0.1, 0.15) is 0 Å². The molecule has 80 valence electrons. The number of ether oxygens (including phenoxy) is 1. The van der Waals surface area contributed by atoms with Crippen LogP contribution in [0.2, 0.25) is 0 Å². The molecular formula is C12H20O2. The average molecular weight is 196 g/mol. The summed E-state index contributed by atoms with van der Waals surface area (Å²) < 4.78 is 5.50. The lowest BCUT2D eigenvalue weighted by Crippen LogP contribution is -2.54. The zero-order valence-corrected chi connectivity index (χ0v) is 9.29. The second-order valence-corrected chi connectivity index (χ2v) is 5.13. The Morgan fingerprint density at radius 1 is 1.57 bits per heavy atom. The number of hydrogen-bond acceptors (Lipinski definition) is 2. The average Bonchev–Trinajstić information content (AvgIpc) is 2.17. The summed E-state index contributed by atoms with van der Waals surface area (Å²) in [5, 5.41) is 9.00. The highest BCUT2D eigenvalue weighted by atomic mass is 16.5. The van der Waals surface area contributed by atoms with Crippen LogP contribution < -0.4 is 0 Å². The molecular weight excluding hydrogens is 176 g/mol. The maximum atomic E-state index is 9.00. The second-order valence-electron chi connectivity index (χ2n) is 5.13. The molecule has 1 fully saturated rings. The molecule has 0 radical (unpaired) electrons. The van der Waals surface area contributed by atoms with Gasteiger partial charge in [-0.25, -0.2) is 0 Å². The fourth-order valence-electron chi connectivity index (χ4n) is 3.21. The maximum Gasteiger partial charge on any atom is 0.0788 e. The van der Waals surface area contributed by atoms with Crippen molar-refractivity contribution in [2.24, 2.45) is 17.3 Å². The van der Waals surface area contributed by atoms with Crippen LogP contribution in [0.1, 0.15) is 26.7 Å². The summed E-state index contributed by atoms with van der Waals surface area (Å²) in [5.41, 5.74) is 1.78. The molecule has 0 unspecified atom stereocenters. The van der Waals surface area contributed by atoms with E-state index in [0.29, 0.717) is 17.3 Å². The second kappa shape index (κ2) is 3.35. The van der Waals surface area contributed by atoms with E-state index in [-0.39, 0.29) is 12.7 Å². The van der Waals surface area contributed by atoms with Gasteiger partial charge in [-0.2, -0.15) is 0 Å². The van der Waals surface area contributed by atoms with Crippen LogP contribution >= 0.6 is 0 Å². The highest BCUT2D eigenvalue weighted by Gasteiger charge is 2.55. The zero-order valence-electron chi connectivity index (χ0n) is 9.29. The summed E-state index contributed by atoms with van der Waals surface area (Å²) >= 11 is 0. The first kappa shape index (κ1) is 10.2. The molecule has 3 rings (SSSR count). The Morgan fingerprint density at radius 3 is 2.79 bits per heavy atom. The first-order valence-electron chi connectivity index (χ1n) is 5.45. The molecule has 0 heterocycles. The van der Waals surface area contributed by atoms with Gasteiger partial charge in [0.05, 0.1) is 6.10 Å². The van der Waals surface area contributed by atoms with Crippen LogP contribution in [-0.4, -0.2) is 24.9 Å². The summed E-state index contributed by atoms with van der Waals surface area (Å²) in [7, 11) is 1.78. The molecule has 1 N–H and O–H groups in total. The van der Waals surface area contributed by atoms with Crippen molar-refractivity contribution < 1.29 is 9.84 Å². The van der Waals surface area contributed by atoms with Gasteiger partial charge in [-0.1, -0.05) is 25.5 Å². The summed E-state index contributed by atoms with van der Waals surface area (Å²) in [4.78, 5) is 0. The SMILES string of the molecule is CO[C@@H]1C=C(CCO)[C@@H]2C[C@H]1C2(C)C. The molecule has 3 atom stereocenters. The van der Waals surface area contributed by atoms with E-state index in [9.17, 15) is 0 Å². The van der Waals surface area contributed by atoms with Gasteiger partial charge in [0, 0.05) is 13.7 Å². The van der Waals surface area contributed by atoms with Gasteiger partial charge in [0.2, 0.25) is 0 Å². The molecule has 0 aliphatic heterocycles. The molecule has 0 aromatic heterocycles. The number of aliphatic hydroxyl groups is 1. The Labute approximate surface area is 86.0 Å². The van der Waals surface area contributed by atoms with E-state index in [1.165, 1.54) is 12.0 Å². The topological polar surface area (TPSA) is 29.5 Å². The van der Waals surface area contributed by atoms with E-state index in [2.05, 4.69) is 19.9 Å². The van der Waals surface area contributed by atoms with Gasteiger partial charge < -0.3 is 9.84 Å². The highest BCUT2D eigenvalue weighted by molar-refractivity contribution is 5.26. The van der Waals surface area contributed by atoms with Crippen molar-refractivity contribution in [3.8, 4) is 0 Å². The molecule has 0 aromatic carbocycles. The maximum absolute atomic E-state index is 9.00.